The van der Waals surface area contributed by atoms with Crippen molar-refractivity contribution in [3.05, 3.63) is 85.1 Å². The maximum atomic E-state index is 12.9. The summed E-state index contributed by atoms with van der Waals surface area (Å²) in [7, 11) is 5.97. The minimum absolute atomic E-state index is 0.185. The summed E-state index contributed by atoms with van der Waals surface area (Å²) in [6, 6.07) is 0. The average Bonchev–Trinajstić information content (AvgIpc) is 3.40. The molecule has 0 aromatic rings. The van der Waals surface area contributed by atoms with Crippen LogP contribution < -0.4 is 0 Å². The van der Waals surface area contributed by atoms with E-state index in [0.29, 0.717) is 17.4 Å². The molecule has 0 aliphatic rings. The molecule has 444 valence electrons. The second-order valence-corrected chi connectivity index (χ2v) is 22.3. The standard InChI is InChI=1S/C68H119NO8/c1-6-8-10-12-14-16-18-20-21-22-23-24-25-26-27-28-29-30-31-32-33-34-35-36-37-38-39-40-41-42-43-44-45-47-49-51-53-55-57-59-66(71)77-64(63-76-68(67(72)73)74-61-60-69(3,4)5)62-75-65(70)58-56-54-52-50-48-46-19-17-15-13-11-9-7-2/h8,10,14,16-17,19-21,23-24,26-27,29-30,64,68H,6-7,9,11-13,15,18,22,25,28,31-63H2,1-5H3/p+1/b10-8-,16-14-,19-17-,21-20-,24-23-,27-26-,30-29-. The van der Waals surface area contributed by atoms with E-state index in [1.165, 1.54) is 148 Å². The van der Waals surface area contributed by atoms with Crippen molar-refractivity contribution in [2.75, 3.05) is 47.5 Å². The number of allylic oxidation sites excluding steroid dienone is 14. The molecule has 0 spiro atoms. The first kappa shape index (κ1) is 73.5. The molecule has 77 heavy (non-hydrogen) atoms. The predicted octanol–water partition coefficient (Wildman–Crippen LogP) is 19.1. The number of nitrogens with zero attached hydrogens (tertiary/aromatic N) is 1. The fourth-order valence-corrected chi connectivity index (χ4v) is 8.78. The molecule has 0 aromatic heterocycles. The normalized spacial score (nSPS) is 13.3. The van der Waals surface area contributed by atoms with Gasteiger partial charge in [0.1, 0.15) is 13.2 Å². The Balaban J connectivity index is 3.99. The topological polar surface area (TPSA) is 108 Å². The van der Waals surface area contributed by atoms with Crippen molar-refractivity contribution in [1.82, 2.24) is 0 Å². The van der Waals surface area contributed by atoms with E-state index in [0.717, 1.165) is 96.3 Å². The van der Waals surface area contributed by atoms with Crippen LogP contribution in [-0.2, 0) is 33.3 Å². The third kappa shape index (κ3) is 60.0. The summed E-state index contributed by atoms with van der Waals surface area (Å²) < 4.78 is 22.9. The fourth-order valence-electron chi connectivity index (χ4n) is 8.78. The number of esters is 2. The van der Waals surface area contributed by atoms with E-state index >= 15 is 0 Å². The van der Waals surface area contributed by atoms with Crippen LogP contribution in [0.2, 0.25) is 0 Å². The van der Waals surface area contributed by atoms with Gasteiger partial charge in [-0.05, 0) is 89.9 Å². The number of hydrogen-bond acceptors (Lipinski definition) is 7. The number of carbonyl (C=O) groups is 3. The van der Waals surface area contributed by atoms with Gasteiger partial charge in [0, 0.05) is 12.8 Å². The van der Waals surface area contributed by atoms with Crippen LogP contribution in [0.5, 0.6) is 0 Å². The number of carboxylic acid groups (broad SMARTS) is 1. The highest BCUT2D eigenvalue weighted by Crippen LogP contribution is 2.17. The molecule has 0 bridgehead atoms. The maximum Gasteiger partial charge on any atom is 0.361 e. The first-order valence-corrected chi connectivity index (χ1v) is 31.8. The molecule has 1 N–H and O–H groups in total. The zero-order valence-corrected chi connectivity index (χ0v) is 50.6. The van der Waals surface area contributed by atoms with Gasteiger partial charge in [0.15, 0.2) is 6.10 Å². The zero-order chi connectivity index (χ0) is 56.2. The van der Waals surface area contributed by atoms with Crippen molar-refractivity contribution in [2.24, 2.45) is 0 Å². The molecule has 0 radical (unpaired) electrons. The van der Waals surface area contributed by atoms with Crippen LogP contribution in [0.25, 0.3) is 0 Å². The highest BCUT2D eigenvalue weighted by Gasteiger charge is 2.25. The molecule has 0 aromatic carbocycles. The summed E-state index contributed by atoms with van der Waals surface area (Å²) in [4.78, 5) is 37.4. The minimum Gasteiger partial charge on any atom is -0.477 e. The molecule has 2 unspecified atom stereocenters. The molecular formula is C68H120NO8+. The largest absolute Gasteiger partial charge is 0.477 e. The SMILES string of the molecule is CC/C=C\C/C=C\C/C=C\C/C=C\C/C=C\C/C=C\CCCCCCCCCCCCCCCCCCCCCCC(=O)OC(COC(=O)CCCCCCC/C=C\CCCCCC)COC(OCC[N+](C)(C)C)C(=O)O. The summed E-state index contributed by atoms with van der Waals surface area (Å²) in [6.07, 6.45) is 75.5. The molecule has 2 atom stereocenters. The number of unbranched alkanes of at least 4 members (excludes halogenated alkanes) is 29. The summed E-state index contributed by atoms with van der Waals surface area (Å²) in [6.45, 7) is 4.75. The Bertz CT molecular complexity index is 1540. The molecule has 0 aliphatic heterocycles. The lowest BCUT2D eigenvalue weighted by Crippen LogP contribution is -2.40. The number of carboxylic acids is 1. The number of ether oxygens (including phenoxy) is 4. The van der Waals surface area contributed by atoms with E-state index in [4.69, 9.17) is 18.9 Å². The third-order valence-corrected chi connectivity index (χ3v) is 13.6. The number of aliphatic carboxylic acids is 1. The van der Waals surface area contributed by atoms with Gasteiger partial charge in [0.2, 0.25) is 0 Å². The highest BCUT2D eigenvalue weighted by molar-refractivity contribution is 5.71. The summed E-state index contributed by atoms with van der Waals surface area (Å²) >= 11 is 0. The molecule has 9 nitrogen and oxygen atoms in total. The number of hydrogen-bond donors (Lipinski definition) is 1. The van der Waals surface area contributed by atoms with Crippen LogP contribution in [0.1, 0.15) is 271 Å². The first-order valence-electron chi connectivity index (χ1n) is 31.8. The predicted molar refractivity (Wildman–Crippen MR) is 327 cm³/mol. The van der Waals surface area contributed by atoms with Gasteiger partial charge in [-0.25, -0.2) is 4.79 Å². The average molecular weight is 1080 g/mol. The summed E-state index contributed by atoms with van der Waals surface area (Å²) in [5, 5.41) is 9.70. The Morgan fingerprint density at radius 2 is 0.740 bits per heavy atom. The van der Waals surface area contributed by atoms with Crippen molar-refractivity contribution in [1.29, 1.82) is 0 Å². The van der Waals surface area contributed by atoms with Gasteiger partial charge in [0.25, 0.3) is 6.29 Å². The number of rotatable bonds is 58. The van der Waals surface area contributed by atoms with Crippen molar-refractivity contribution in [2.45, 2.75) is 283 Å². The Morgan fingerprint density at radius 3 is 1.12 bits per heavy atom. The summed E-state index contributed by atoms with van der Waals surface area (Å²) in [5.74, 6) is -2.01. The Hall–Kier alpha value is -3.53. The fraction of sp³-hybridized carbons (Fsp3) is 0.750. The quantitative estimate of drug-likeness (QED) is 0.0211. The van der Waals surface area contributed by atoms with Crippen molar-refractivity contribution >= 4 is 17.9 Å². The number of quaternary nitrogens is 1. The Morgan fingerprint density at radius 1 is 0.403 bits per heavy atom. The maximum absolute atomic E-state index is 12.9. The van der Waals surface area contributed by atoms with Gasteiger partial charge in [-0.3, -0.25) is 9.59 Å². The first-order chi connectivity index (χ1) is 37.6. The molecule has 0 aliphatic carbocycles. The smallest absolute Gasteiger partial charge is 0.361 e. The highest BCUT2D eigenvalue weighted by atomic mass is 16.7. The number of carbonyl (C=O) groups excluding carboxylic acids is 2. The number of likely N-dealkylation sites (N-methyl/N-ethyl adjacent to an activating group) is 1. The van der Waals surface area contributed by atoms with Crippen LogP contribution in [0.4, 0.5) is 0 Å². The van der Waals surface area contributed by atoms with Crippen molar-refractivity contribution in [3.8, 4) is 0 Å². The van der Waals surface area contributed by atoms with Crippen LogP contribution in [-0.4, -0.2) is 87.4 Å². The Kier molecular flexibility index (Phi) is 55.9. The zero-order valence-electron chi connectivity index (χ0n) is 50.6. The van der Waals surface area contributed by atoms with Gasteiger partial charge in [-0.15, -0.1) is 0 Å². The molecule has 9 heteroatoms. The summed E-state index contributed by atoms with van der Waals surface area (Å²) in [5.41, 5.74) is 0. The van der Waals surface area contributed by atoms with Gasteiger partial charge >= 0.3 is 17.9 Å². The van der Waals surface area contributed by atoms with E-state index in [9.17, 15) is 19.5 Å². The molecule has 0 heterocycles. The lowest BCUT2D eigenvalue weighted by Gasteiger charge is -2.25. The van der Waals surface area contributed by atoms with Crippen LogP contribution >= 0.6 is 0 Å². The van der Waals surface area contributed by atoms with Gasteiger partial charge in [0.05, 0.1) is 34.4 Å². The van der Waals surface area contributed by atoms with Crippen LogP contribution in [0.3, 0.4) is 0 Å². The van der Waals surface area contributed by atoms with E-state index < -0.39 is 24.3 Å². The molecule has 0 amide bonds. The molecular weight excluding hydrogens is 959 g/mol. The van der Waals surface area contributed by atoms with Crippen molar-refractivity contribution < 1.29 is 42.9 Å². The lowest BCUT2D eigenvalue weighted by atomic mass is 10.0. The molecule has 0 saturated carbocycles. The van der Waals surface area contributed by atoms with Crippen LogP contribution in [0.15, 0.2) is 85.1 Å². The second-order valence-electron chi connectivity index (χ2n) is 22.3. The van der Waals surface area contributed by atoms with Crippen LogP contribution in [0, 0.1) is 0 Å². The molecule has 0 rings (SSSR count). The lowest BCUT2D eigenvalue weighted by molar-refractivity contribution is -0.870. The third-order valence-electron chi connectivity index (χ3n) is 13.6. The second kappa shape index (κ2) is 58.6. The van der Waals surface area contributed by atoms with E-state index in [-0.39, 0.29) is 32.2 Å². The minimum atomic E-state index is -1.51. The van der Waals surface area contributed by atoms with E-state index in [2.05, 4.69) is 98.9 Å². The van der Waals surface area contributed by atoms with Gasteiger partial charge in [-0.2, -0.15) is 0 Å². The van der Waals surface area contributed by atoms with E-state index in [1.807, 2.05) is 21.1 Å². The Labute approximate surface area is 474 Å². The molecule has 0 saturated heterocycles. The molecule has 0 fully saturated rings. The van der Waals surface area contributed by atoms with Gasteiger partial charge < -0.3 is 28.5 Å². The van der Waals surface area contributed by atoms with Crippen molar-refractivity contribution in [3.63, 3.8) is 0 Å². The monoisotopic (exact) mass is 1080 g/mol. The van der Waals surface area contributed by atoms with Gasteiger partial charge in [-0.1, -0.05) is 253 Å². The van der Waals surface area contributed by atoms with E-state index in [1.54, 1.807) is 0 Å².